The SMILES string of the molecule is COc1cc(/C=C(\C#N)C(=O)Nc2ccc(C)cc2)ccc1OC(=O)C1CC1. The molecule has 0 atom stereocenters. The minimum absolute atomic E-state index is 0.0278. The van der Waals surface area contributed by atoms with Crippen LogP contribution in [0.5, 0.6) is 11.5 Å². The van der Waals surface area contributed by atoms with Gasteiger partial charge in [0.1, 0.15) is 11.6 Å². The van der Waals surface area contributed by atoms with Gasteiger partial charge < -0.3 is 14.8 Å². The summed E-state index contributed by atoms with van der Waals surface area (Å²) < 4.78 is 10.6. The number of methoxy groups -OCH3 is 1. The molecule has 0 saturated heterocycles. The van der Waals surface area contributed by atoms with Gasteiger partial charge in [0, 0.05) is 5.69 Å². The van der Waals surface area contributed by atoms with E-state index in [0.717, 1.165) is 18.4 Å². The molecule has 1 amide bonds. The van der Waals surface area contributed by atoms with Gasteiger partial charge in [-0.25, -0.2) is 0 Å². The molecule has 0 unspecified atom stereocenters. The molecule has 6 heteroatoms. The Morgan fingerprint density at radius 2 is 1.86 bits per heavy atom. The molecule has 0 aliphatic heterocycles. The maximum atomic E-state index is 12.4. The van der Waals surface area contributed by atoms with Gasteiger partial charge >= 0.3 is 5.97 Å². The van der Waals surface area contributed by atoms with Gasteiger partial charge in [0.05, 0.1) is 13.0 Å². The van der Waals surface area contributed by atoms with Crippen LogP contribution < -0.4 is 14.8 Å². The van der Waals surface area contributed by atoms with Gasteiger partial charge in [-0.3, -0.25) is 9.59 Å². The van der Waals surface area contributed by atoms with E-state index in [1.807, 2.05) is 25.1 Å². The van der Waals surface area contributed by atoms with Crippen LogP contribution in [0.4, 0.5) is 5.69 Å². The lowest BCUT2D eigenvalue weighted by Crippen LogP contribution is -2.13. The summed E-state index contributed by atoms with van der Waals surface area (Å²) in [6.45, 7) is 1.95. The molecule has 2 aromatic rings. The van der Waals surface area contributed by atoms with E-state index in [4.69, 9.17) is 9.47 Å². The number of carbonyl (C=O) groups is 2. The van der Waals surface area contributed by atoms with Gasteiger partial charge in [0.25, 0.3) is 5.91 Å². The van der Waals surface area contributed by atoms with E-state index in [-0.39, 0.29) is 17.5 Å². The van der Waals surface area contributed by atoms with Crippen LogP contribution in [0.25, 0.3) is 6.08 Å². The number of esters is 1. The van der Waals surface area contributed by atoms with Crippen LogP contribution in [0.15, 0.2) is 48.0 Å². The number of rotatable bonds is 6. The third kappa shape index (κ3) is 4.77. The average Bonchev–Trinajstić information content (AvgIpc) is 3.54. The van der Waals surface area contributed by atoms with Crippen molar-refractivity contribution in [1.82, 2.24) is 0 Å². The summed E-state index contributed by atoms with van der Waals surface area (Å²) in [5, 5.41) is 12.1. The summed E-state index contributed by atoms with van der Waals surface area (Å²) in [5.74, 6) is -0.121. The Balaban J connectivity index is 1.77. The number of amides is 1. The van der Waals surface area contributed by atoms with Gasteiger partial charge in [0.2, 0.25) is 0 Å². The second-order valence-corrected chi connectivity index (χ2v) is 6.60. The van der Waals surface area contributed by atoms with Gasteiger partial charge in [-0.1, -0.05) is 23.8 Å². The molecule has 1 fully saturated rings. The summed E-state index contributed by atoms with van der Waals surface area (Å²) in [6.07, 6.45) is 3.16. The number of hydrogen-bond acceptors (Lipinski definition) is 5. The van der Waals surface area contributed by atoms with E-state index in [1.165, 1.54) is 13.2 Å². The Hall–Kier alpha value is -3.59. The number of anilines is 1. The molecule has 0 spiro atoms. The zero-order valence-corrected chi connectivity index (χ0v) is 15.7. The number of nitrogens with zero attached hydrogens (tertiary/aromatic N) is 1. The monoisotopic (exact) mass is 376 g/mol. The predicted octanol–water partition coefficient (Wildman–Crippen LogP) is 3.86. The number of ether oxygens (including phenoxy) is 2. The lowest BCUT2D eigenvalue weighted by Gasteiger charge is -2.10. The third-order valence-corrected chi connectivity index (χ3v) is 4.29. The van der Waals surface area contributed by atoms with Crippen LogP contribution in [0.3, 0.4) is 0 Å². The van der Waals surface area contributed by atoms with Crippen molar-refractivity contribution < 1.29 is 19.1 Å². The van der Waals surface area contributed by atoms with E-state index in [0.29, 0.717) is 22.7 Å². The molecular weight excluding hydrogens is 356 g/mol. The fourth-order valence-corrected chi connectivity index (χ4v) is 2.52. The first-order valence-electron chi connectivity index (χ1n) is 8.89. The number of nitrogens with one attached hydrogen (secondary N) is 1. The van der Waals surface area contributed by atoms with Gasteiger partial charge in [-0.15, -0.1) is 0 Å². The average molecular weight is 376 g/mol. The standard InChI is InChI=1S/C22H20N2O4/c1-14-3-8-18(9-4-14)24-21(25)17(13-23)11-15-5-10-19(20(12-15)27-2)28-22(26)16-6-7-16/h3-5,8-12,16H,6-7H2,1-2H3,(H,24,25)/b17-11+. The smallest absolute Gasteiger partial charge is 0.314 e. The molecule has 3 rings (SSSR count). The second kappa shape index (κ2) is 8.40. The molecule has 0 radical (unpaired) electrons. The second-order valence-electron chi connectivity index (χ2n) is 6.60. The minimum atomic E-state index is -0.505. The Morgan fingerprint density at radius 3 is 2.46 bits per heavy atom. The van der Waals surface area contributed by atoms with Crippen LogP contribution in [-0.4, -0.2) is 19.0 Å². The summed E-state index contributed by atoms with van der Waals surface area (Å²) in [4.78, 5) is 24.2. The Kier molecular flexibility index (Phi) is 5.75. The first kappa shape index (κ1) is 19.2. The largest absolute Gasteiger partial charge is 0.493 e. The fraction of sp³-hybridized carbons (Fsp3) is 0.227. The van der Waals surface area contributed by atoms with Crippen LogP contribution in [-0.2, 0) is 9.59 Å². The first-order valence-corrected chi connectivity index (χ1v) is 8.89. The summed E-state index contributed by atoms with van der Waals surface area (Å²) >= 11 is 0. The van der Waals surface area contributed by atoms with Crippen LogP contribution in [0.2, 0.25) is 0 Å². The molecule has 2 aromatic carbocycles. The molecule has 1 aliphatic carbocycles. The quantitative estimate of drug-likeness (QED) is 0.358. The predicted molar refractivity (Wildman–Crippen MR) is 105 cm³/mol. The molecule has 1 N–H and O–H groups in total. The number of benzene rings is 2. The zero-order chi connectivity index (χ0) is 20.1. The van der Waals surface area contributed by atoms with Gasteiger partial charge in [0.15, 0.2) is 11.5 Å². The third-order valence-electron chi connectivity index (χ3n) is 4.29. The van der Waals surface area contributed by atoms with Gasteiger partial charge in [-0.05, 0) is 55.7 Å². The topological polar surface area (TPSA) is 88.4 Å². The molecule has 1 aliphatic rings. The molecule has 142 valence electrons. The maximum Gasteiger partial charge on any atom is 0.314 e. The molecule has 0 heterocycles. The lowest BCUT2D eigenvalue weighted by molar-refractivity contribution is -0.135. The summed E-state index contributed by atoms with van der Waals surface area (Å²) in [6, 6.07) is 14.1. The number of aryl methyl sites for hydroxylation is 1. The minimum Gasteiger partial charge on any atom is -0.493 e. The normalized spacial score (nSPS) is 13.4. The lowest BCUT2D eigenvalue weighted by atomic mass is 10.1. The summed E-state index contributed by atoms with van der Waals surface area (Å²) in [7, 11) is 1.46. The van der Waals surface area contributed by atoms with Crippen molar-refractivity contribution in [2.75, 3.05) is 12.4 Å². The van der Waals surface area contributed by atoms with Crippen molar-refractivity contribution in [1.29, 1.82) is 5.26 Å². The van der Waals surface area contributed by atoms with Crippen molar-refractivity contribution in [3.05, 3.63) is 59.2 Å². The first-order chi connectivity index (χ1) is 13.5. The molecule has 1 saturated carbocycles. The van der Waals surface area contributed by atoms with E-state index in [9.17, 15) is 14.9 Å². The van der Waals surface area contributed by atoms with Crippen molar-refractivity contribution in [2.24, 2.45) is 5.92 Å². The molecule has 6 nitrogen and oxygen atoms in total. The number of nitriles is 1. The molecule has 28 heavy (non-hydrogen) atoms. The van der Waals surface area contributed by atoms with Gasteiger partial charge in [-0.2, -0.15) is 5.26 Å². The number of hydrogen-bond donors (Lipinski definition) is 1. The number of carbonyl (C=O) groups excluding carboxylic acids is 2. The van der Waals surface area contributed by atoms with Crippen molar-refractivity contribution in [3.8, 4) is 17.6 Å². The fourth-order valence-electron chi connectivity index (χ4n) is 2.52. The van der Waals surface area contributed by atoms with Crippen LogP contribution >= 0.6 is 0 Å². The Labute approximate surface area is 163 Å². The Morgan fingerprint density at radius 1 is 1.14 bits per heavy atom. The Bertz CT molecular complexity index is 967. The highest BCUT2D eigenvalue weighted by molar-refractivity contribution is 6.09. The van der Waals surface area contributed by atoms with E-state index in [2.05, 4.69) is 5.32 Å². The molecular formula is C22H20N2O4. The van der Waals surface area contributed by atoms with Crippen molar-refractivity contribution >= 4 is 23.6 Å². The summed E-state index contributed by atoms with van der Waals surface area (Å²) in [5.41, 5.74) is 2.21. The van der Waals surface area contributed by atoms with Crippen molar-refractivity contribution in [3.63, 3.8) is 0 Å². The van der Waals surface area contributed by atoms with E-state index < -0.39 is 5.91 Å². The zero-order valence-electron chi connectivity index (χ0n) is 15.7. The highest BCUT2D eigenvalue weighted by atomic mass is 16.6. The van der Waals surface area contributed by atoms with E-state index >= 15 is 0 Å². The highest BCUT2D eigenvalue weighted by Crippen LogP contribution is 2.34. The highest BCUT2D eigenvalue weighted by Gasteiger charge is 2.32. The van der Waals surface area contributed by atoms with Crippen molar-refractivity contribution in [2.45, 2.75) is 19.8 Å². The van der Waals surface area contributed by atoms with Crippen LogP contribution in [0, 0.1) is 24.2 Å². The molecule has 0 bridgehead atoms. The van der Waals surface area contributed by atoms with Crippen LogP contribution in [0.1, 0.15) is 24.0 Å². The van der Waals surface area contributed by atoms with E-state index in [1.54, 1.807) is 30.3 Å². The molecule has 0 aromatic heterocycles. The maximum absolute atomic E-state index is 12.4.